The van der Waals surface area contributed by atoms with E-state index in [1.165, 1.54) is 25.2 Å². The van der Waals surface area contributed by atoms with Crippen molar-refractivity contribution >= 4 is 6.29 Å². The molecule has 1 saturated heterocycles. The van der Waals surface area contributed by atoms with E-state index >= 15 is 0 Å². The van der Waals surface area contributed by atoms with Crippen molar-refractivity contribution in [3.8, 4) is 5.75 Å². The Labute approximate surface area is 94.2 Å². The van der Waals surface area contributed by atoms with Crippen molar-refractivity contribution < 1.29 is 33.7 Å². The van der Waals surface area contributed by atoms with Gasteiger partial charge in [0.15, 0.2) is 0 Å². The fourth-order valence-electron chi connectivity index (χ4n) is 0.765. The topological polar surface area (TPSA) is 85.5 Å². The van der Waals surface area contributed by atoms with Crippen LogP contribution in [0.2, 0.25) is 0 Å². The van der Waals surface area contributed by atoms with Crippen molar-refractivity contribution in [1.29, 1.82) is 0 Å². The van der Waals surface area contributed by atoms with Crippen molar-refractivity contribution in [3.63, 3.8) is 0 Å². The molecule has 2 rings (SSSR count). The van der Waals surface area contributed by atoms with Crippen molar-refractivity contribution in [3.05, 3.63) is 29.8 Å². The van der Waals surface area contributed by atoms with Gasteiger partial charge in [-0.15, -0.1) is 0 Å². The number of nitrogens with one attached hydrogen (secondary N) is 1. The Morgan fingerprint density at radius 2 is 2.00 bits per heavy atom. The Morgan fingerprint density at radius 3 is 2.47 bits per heavy atom. The summed E-state index contributed by atoms with van der Waals surface area (Å²) >= 11 is -3.59. The van der Waals surface area contributed by atoms with Crippen LogP contribution in [0.5, 0.6) is 5.75 Å². The second-order valence-corrected chi connectivity index (χ2v) is 3.92. The zero-order valence-corrected chi connectivity index (χ0v) is 9.53. The Balaban J connectivity index is 0.000000319. The maximum absolute atomic E-state index is 10.4. The summed E-state index contributed by atoms with van der Waals surface area (Å²) in [4.78, 5) is 10.4. The molecular weight excluding hydrogens is 234 g/mol. The van der Waals surface area contributed by atoms with E-state index in [2.05, 4.69) is 8.64 Å². The van der Waals surface area contributed by atoms with Crippen LogP contribution in [0.3, 0.4) is 0 Å². The van der Waals surface area contributed by atoms with Crippen LogP contribution in [-0.2, 0) is 21.9 Å². The molecule has 1 fully saturated rings. The monoisotopic (exact) mass is 245 g/mol. The van der Waals surface area contributed by atoms with E-state index in [0.717, 1.165) is 0 Å². The van der Waals surface area contributed by atoms with E-state index in [4.69, 9.17) is 3.69 Å². The molecule has 0 aromatic heterocycles. The van der Waals surface area contributed by atoms with E-state index in [0.29, 0.717) is 6.29 Å². The number of rotatable bonds is 3. The number of para-hydroxylation sites is 1. The van der Waals surface area contributed by atoms with Crippen LogP contribution in [0.25, 0.3) is 0 Å². The minimum atomic E-state index is -3.59. The van der Waals surface area contributed by atoms with Gasteiger partial charge >= 0.3 is 75.6 Å². The Morgan fingerprint density at radius 1 is 1.40 bits per heavy atom. The minimum absolute atomic E-state index is 0.167. The Bertz CT molecular complexity index is 351. The molecule has 0 spiro atoms. The molecule has 1 aliphatic heterocycles. The average molecular weight is 245 g/mol. The molecular formula is C9H11NO4Ti. The summed E-state index contributed by atoms with van der Waals surface area (Å²) in [5.41, 5.74) is 0.285. The standard InChI is InChI=1S/C7H6O2.C2H5N.H2O.O.Ti/c8-5-6-3-1-2-4-7(6)9;1-2-3-1;;;/h1-5,9H;3H,1-2H2;1H2;;/q;;;;+2/p-2. The van der Waals surface area contributed by atoms with Gasteiger partial charge in [0.1, 0.15) is 0 Å². The quantitative estimate of drug-likeness (QED) is 0.453. The number of hydrogen-bond acceptors (Lipinski definition) is 4. The van der Waals surface area contributed by atoms with Crippen LogP contribution in [0.1, 0.15) is 10.4 Å². The van der Waals surface area contributed by atoms with Gasteiger partial charge < -0.3 is 5.32 Å². The fraction of sp³-hybridized carbons (Fsp3) is 0.222. The van der Waals surface area contributed by atoms with E-state index in [1.807, 2.05) is 0 Å². The molecule has 0 aliphatic carbocycles. The molecule has 0 atom stereocenters. The molecule has 80 valence electrons. The second-order valence-electron chi connectivity index (χ2n) is 2.77. The van der Waals surface area contributed by atoms with Gasteiger partial charge in [-0.1, -0.05) is 0 Å². The summed E-state index contributed by atoms with van der Waals surface area (Å²) in [7, 11) is 0. The van der Waals surface area contributed by atoms with Crippen molar-refractivity contribution in [1.82, 2.24) is 5.32 Å². The number of carbonyl (C=O) groups excluding carboxylic acids is 1. The van der Waals surface area contributed by atoms with Gasteiger partial charge in [0, 0.05) is 13.1 Å². The van der Waals surface area contributed by atoms with Crippen molar-refractivity contribution in [2.75, 3.05) is 13.1 Å². The third-order valence-electron chi connectivity index (χ3n) is 1.49. The van der Waals surface area contributed by atoms with E-state index < -0.39 is 18.6 Å². The number of benzene rings is 1. The van der Waals surface area contributed by atoms with E-state index in [-0.39, 0.29) is 11.3 Å². The normalized spacial score (nSPS) is 12.1. The first kappa shape index (κ1) is 12.2. The molecule has 5 nitrogen and oxygen atoms in total. The maximum atomic E-state index is 10.4. The summed E-state index contributed by atoms with van der Waals surface area (Å²) in [5.74, 6) is 0.167. The Kier molecular flexibility index (Phi) is 5.35. The van der Waals surface area contributed by atoms with Crippen LogP contribution in [0.4, 0.5) is 0 Å². The van der Waals surface area contributed by atoms with Crippen LogP contribution in [0, 0.1) is 0 Å². The molecule has 2 N–H and O–H groups in total. The van der Waals surface area contributed by atoms with Gasteiger partial charge in [-0.3, -0.25) is 0 Å². The fourth-order valence-corrected chi connectivity index (χ4v) is 1.35. The molecule has 0 saturated carbocycles. The van der Waals surface area contributed by atoms with Gasteiger partial charge in [-0.2, -0.15) is 0 Å². The molecule has 6 heteroatoms. The molecule has 0 amide bonds. The van der Waals surface area contributed by atoms with Gasteiger partial charge in [-0.05, 0) is 0 Å². The van der Waals surface area contributed by atoms with Crippen LogP contribution in [-0.4, -0.2) is 23.1 Å². The van der Waals surface area contributed by atoms with Crippen LogP contribution < -0.4 is 8.64 Å². The van der Waals surface area contributed by atoms with Gasteiger partial charge in [0.05, 0.1) is 0 Å². The zero-order chi connectivity index (χ0) is 11.1. The summed E-state index contributed by atoms with van der Waals surface area (Å²) in [6, 6.07) is 6.27. The molecule has 1 aliphatic rings. The molecule has 1 heterocycles. The number of carbonyl (C=O) groups is 1. The zero-order valence-electron chi connectivity index (χ0n) is 7.97. The summed E-state index contributed by atoms with van der Waals surface area (Å²) in [6.45, 7) is 2.50. The van der Waals surface area contributed by atoms with Gasteiger partial charge in [-0.25, -0.2) is 0 Å². The van der Waals surface area contributed by atoms with Gasteiger partial charge in [0.2, 0.25) is 0 Å². The predicted molar refractivity (Wildman–Crippen MR) is 48.2 cm³/mol. The first-order valence-electron chi connectivity index (χ1n) is 4.39. The van der Waals surface area contributed by atoms with E-state index in [9.17, 15) is 8.12 Å². The molecule has 0 bridgehead atoms. The molecule has 1 aromatic rings. The number of aldehydes is 1. The summed E-state index contributed by atoms with van der Waals surface area (Å²) in [6.07, 6.45) is 0.580. The Hall–Kier alpha value is -0.876. The second kappa shape index (κ2) is 6.58. The first-order valence-corrected chi connectivity index (χ1v) is 6.37. The third-order valence-corrected chi connectivity index (χ3v) is 2.11. The third kappa shape index (κ3) is 5.54. The molecule has 15 heavy (non-hydrogen) atoms. The number of hydrogen-bond donors (Lipinski definition) is 2. The SMILES string of the molecule is C1CN1.O=Cc1ccccc1[O][Ti](=[O])[OH]. The van der Waals surface area contributed by atoms with Crippen molar-refractivity contribution in [2.45, 2.75) is 0 Å². The van der Waals surface area contributed by atoms with E-state index in [1.54, 1.807) is 12.1 Å². The van der Waals surface area contributed by atoms with Gasteiger partial charge in [0.25, 0.3) is 0 Å². The molecule has 0 unspecified atom stereocenters. The van der Waals surface area contributed by atoms with Crippen LogP contribution in [0.15, 0.2) is 24.3 Å². The predicted octanol–water partition coefficient (Wildman–Crippen LogP) is 0.254. The first-order chi connectivity index (χ1) is 7.24. The van der Waals surface area contributed by atoms with Crippen molar-refractivity contribution in [2.24, 2.45) is 0 Å². The van der Waals surface area contributed by atoms with Crippen LogP contribution >= 0.6 is 0 Å². The molecule has 0 radical (unpaired) electrons. The summed E-state index contributed by atoms with van der Waals surface area (Å²) < 4.78 is 23.4. The summed E-state index contributed by atoms with van der Waals surface area (Å²) in [5, 5.41) is 3.00. The molecule has 1 aromatic carbocycles. The average Bonchev–Trinajstić information content (AvgIpc) is 3.04.